The largest absolute Gasteiger partial charge is 0.492 e. The van der Waals surface area contributed by atoms with E-state index in [4.69, 9.17) is 9.47 Å². The molecular formula is C21H18FIN2O5S. The summed E-state index contributed by atoms with van der Waals surface area (Å²) in [5, 5.41) is 1.99. The van der Waals surface area contributed by atoms with Gasteiger partial charge in [0.25, 0.3) is 11.1 Å². The molecule has 0 spiro atoms. The number of benzene rings is 2. The van der Waals surface area contributed by atoms with E-state index in [1.807, 2.05) is 6.92 Å². The van der Waals surface area contributed by atoms with Crippen LogP contribution in [0.4, 0.5) is 14.9 Å². The van der Waals surface area contributed by atoms with Crippen LogP contribution in [0.15, 0.2) is 41.3 Å². The fraction of sp³-hybridized carbons (Fsp3) is 0.190. The fourth-order valence-corrected chi connectivity index (χ4v) is 4.48. The smallest absolute Gasteiger partial charge is 0.294 e. The molecule has 1 saturated heterocycles. The Morgan fingerprint density at radius 2 is 1.97 bits per heavy atom. The number of anilines is 1. The monoisotopic (exact) mass is 556 g/mol. The normalized spacial score (nSPS) is 14.8. The van der Waals surface area contributed by atoms with Crippen molar-refractivity contribution in [1.29, 1.82) is 0 Å². The van der Waals surface area contributed by atoms with Crippen LogP contribution in [0.5, 0.6) is 11.5 Å². The third kappa shape index (κ3) is 5.56. The molecule has 2 aromatic carbocycles. The highest BCUT2D eigenvalue weighted by molar-refractivity contribution is 14.1. The first-order valence-electron chi connectivity index (χ1n) is 9.13. The number of halogens is 2. The van der Waals surface area contributed by atoms with E-state index in [-0.39, 0.29) is 4.91 Å². The van der Waals surface area contributed by atoms with Gasteiger partial charge < -0.3 is 14.8 Å². The van der Waals surface area contributed by atoms with Gasteiger partial charge in [-0.1, -0.05) is 0 Å². The van der Waals surface area contributed by atoms with Crippen LogP contribution < -0.4 is 14.8 Å². The highest BCUT2D eigenvalue weighted by atomic mass is 127. The number of carbonyl (C=O) groups excluding carboxylic acids is 3. The highest BCUT2D eigenvalue weighted by Gasteiger charge is 2.36. The number of methoxy groups -OCH3 is 1. The molecule has 10 heteroatoms. The molecule has 0 atom stereocenters. The summed E-state index contributed by atoms with van der Waals surface area (Å²) >= 11 is 2.86. The average Bonchev–Trinajstić information content (AvgIpc) is 2.97. The summed E-state index contributed by atoms with van der Waals surface area (Å²) in [5.74, 6) is -0.443. The van der Waals surface area contributed by atoms with Gasteiger partial charge in [0.05, 0.1) is 22.2 Å². The van der Waals surface area contributed by atoms with Gasteiger partial charge in [0.15, 0.2) is 11.5 Å². The summed E-state index contributed by atoms with van der Waals surface area (Å²) in [6.07, 6.45) is 1.58. The highest BCUT2D eigenvalue weighted by Crippen LogP contribution is 2.37. The Labute approximate surface area is 196 Å². The van der Waals surface area contributed by atoms with Gasteiger partial charge in [0.2, 0.25) is 5.91 Å². The molecule has 162 valence electrons. The minimum Gasteiger partial charge on any atom is -0.492 e. The molecule has 1 fully saturated rings. The van der Waals surface area contributed by atoms with Crippen molar-refractivity contribution in [2.45, 2.75) is 6.92 Å². The zero-order valence-corrected chi connectivity index (χ0v) is 19.6. The Kier molecular flexibility index (Phi) is 7.55. The number of hydrogen-bond donors (Lipinski definition) is 1. The minimum absolute atomic E-state index is 0.197. The Morgan fingerprint density at radius 3 is 2.61 bits per heavy atom. The van der Waals surface area contributed by atoms with Gasteiger partial charge in [-0.25, -0.2) is 4.39 Å². The summed E-state index contributed by atoms with van der Waals surface area (Å²) < 4.78 is 24.7. The second-order valence-electron chi connectivity index (χ2n) is 6.29. The molecule has 0 aliphatic carbocycles. The molecule has 0 radical (unpaired) electrons. The third-order valence-corrected chi connectivity index (χ3v) is 5.85. The molecule has 1 N–H and O–H groups in total. The minimum atomic E-state index is -0.562. The molecule has 3 amide bonds. The first-order valence-corrected chi connectivity index (χ1v) is 11.0. The molecular weight excluding hydrogens is 538 g/mol. The summed E-state index contributed by atoms with van der Waals surface area (Å²) in [6.45, 7) is 1.85. The molecule has 0 bridgehead atoms. The van der Waals surface area contributed by atoms with Gasteiger partial charge >= 0.3 is 0 Å². The van der Waals surface area contributed by atoms with Crippen LogP contribution in [-0.4, -0.2) is 42.2 Å². The van der Waals surface area contributed by atoms with Crippen molar-refractivity contribution in [3.63, 3.8) is 0 Å². The van der Waals surface area contributed by atoms with Crippen LogP contribution in [0.2, 0.25) is 0 Å². The summed E-state index contributed by atoms with van der Waals surface area (Å²) in [6, 6.07) is 8.71. The number of rotatable bonds is 7. The van der Waals surface area contributed by atoms with E-state index in [1.165, 1.54) is 24.3 Å². The van der Waals surface area contributed by atoms with E-state index in [0.717, 1.165) is 20.2 Å². The van der Waals surface area contributed by atoms with Crippen LogP contribution in [0.3, 0.4) is 0 Å². The number of nitrogens with zero attached hydrogens (tertiary/aromatic N) is 1. The molecule has 0 unspecified atom stereocenters. The molecule has 0 aromatic heterocycles. The van der Waals surface area contributed by atoms with E-state index < -0.39 is 29.4 Å². The summed E-state index contributed by atoms with van der Waals surface area (Å²) in [5.41, 5.74) is 1.03. The second kappa shape index (κ2) is 10.1. The van der Waals surface area contributed by atoms with Crippen molar-refractivity contribution >= 4 is 63.2 Å². The zero-order chi connectivity index (χ0) is 22.5. The van der Waals surface area contributed by atoms with Gasteiger partial charge in [0.1, 0.15) is 12.4 Å². The number of ether oxygens (including phenoxy) is 2. The van der Waals surface area contributed by atoms with Crippen LogP contribution in [0, 0.1) is 9.39 Å². The van der Waals surface area contributed by atoms with E-state index in [0.29, 0.717) is 29.4 Å². The number of nitrogens with one attached hydrogen (secondary N) is 1. The quantitative estimate of drug-likeness (QED) is 0.399. The molecule has 1 heterocycles. The Hall–Kier alpha value is -2.60. The average molecular weight is 556 g/mol. The lowest BCUT2D eigenvalue weighted by molar-refractivity contribution is -0.127. The maximum absolute atomic E-state index is 13.0. The fourth-order valence-electron chi connectivity index (χ4n) is 2.80. The predicted molar refractivity (Wildman–Crippen MR) is 125 cm³/mol. The first kappa shape index (κ1) is 23.1. The van der Waals surface area contributed by atoms with Crippen LogP contribution >= 0.6 is 34.4 Å². The standard InChI is InChI=1S/C21H18FIN2O5S/c1-3-30-16-9-12(8-15(23)19(16)29-2)10-17-20(27)25(21(28)31-17)11-18(26)24-14-6-4-13(22)5-7-14/h4-10H,3,11H2,1-2H3,(H,24,26)/b17-10-. The zero-order valence-electron chi connectivity index (χ0n) is 16.6. The summed E-state index contributed by atoms with van der Waals surface area (Å²) in [7, 11) is 1.54. The number of hydrogen-bond acceptors (Lipinski definition) is 6. The molecule has 7 nitrogen and oxygen atoms in total. The van der Waals surface area contributed by atoms with Crippen molar-refractivity contribution < 1.29 is 28.2 Å². The van der Waals surface area contributed by atoms with E-state index in [2.05, 4.69) is 27.9 Å². The van der Waals surface area contributed by atoms with Gasteiger partial charge in [-0.2, -0.15) is 0 Å². The Bertz CT molecular complexity index is 1060. The SMILES string of the molecule is CCOc1cc(/C=C2\SC(=O)N(CC(=O)Nc3ccc(F)cc3)C2=O)cc(I)c1OC. The molecule has 31 heavy (non-hydrogen) atoms. The van der Waals surface area contributed by atoms with Crippen molar-refractivity contribution in [2.75, 3.05) is 25.6 Å². The van der Waals surface area contributed by atoms with Crippen molar-refractivity contribution in [2.24, 2.45) is 0 Å². The van der Waals surface area contributed by atoms with Gasteiger partial charge in [-0.05, 0) is 89.3 Å². The van der Waals surface area contributed by atoms with Gasteiger partial charge in [-0.15, -0.1) is 0 Å². The van der Waals surface area contributed by atoms with E-state index in [9.17, 15) is 18.8 Å². The van der Waals surface area contributed by atoms with E-state index >= 15 is 0 Å². The number of carbonyl (C=O) groups is 3. The Morgan fingerprint density at radius 1 is 1.26 bits per heavy atom. The topological polar surface area (TPSA) is 84.9 Å². The molecule has 1 aliphatic rings. The summed E-state index contributed by atoms with van der Waals surface area (Å²) in [4.78, 5) is 38.3. The Balaban J connectivity index is 1.75. The molecule has 1 aliphatic heterocycles. The van der Waals surface area contributed by atoms with Crippen LogP contribution in [0.25, 0.3) is 6.08 Å². The van der Waals surface area contributed by atoms with Crippen molar-refractivity contribution in [3.05, 3.63) is 56.3 Å². The lowest BCUT2D eigenvalue weighted by Gasteiger charge is -2.13. The molecule has 3 rings (SSSR count). The maximum Gasteiger partial charge on any atom is 0.294 e. The van der Waals surface area contributed by atoms with Crippen molar-refractivity contribution in [1.82, 2.24) is 4.90 Å². The first-order chi connectivity index (χ1) is 14.8. The predicted octanol–water partition coefficient (Wildman–Crippen LogP) is 4.51. The van der Waals surface area contributed by atoms with Crippen molar-refractivity contribution in [3.8, 4) is 11.5 Å². The number of thioether (sulfide) groups is 1. The van der Waals surface area contributed by atoms with Gasteiger partial charge in [0, 0.05) is 5.69 Å². The molecule has 0 saturated carbocycles. The lowest BCUT2D eigenvalue weighted by Crippen LogP contribution is -2.36. The maximum atomic E-state index is 13.0. The van der Waals surface area contributed by atoms with E-state index in [1.54, 1.807) is 25.3 Å². The molecule has 2 aromatic rings. The number of imide groups is 1. The van der Waals surface area contributed by atoms with Crippen LogP contribution in [-0.2, 0) is 9.59 Å². The third-order valence-electron chi connectivity index (χ3n) is 4.14. The van der Waals surface area contributed by atoms with Crippen LogP contribution in [0.1, 0.15) is 12.5 Å². The number of amides is 3. The second-order valence-corrected chi connectivity index (χ2v) is 8.45. The van der Waals surface area contributed by atoms with Gasteiger partial charge in [-0.3, -0.25) is 19.3 Å². The lowest BCUT2D eigenvalue weighted by atomic mass is 10.2.